The van der Waals surface area contributed by atoms with Crippen molar-refractivity contribution in [3.05, 3.63) is 47.4 Å². The van der Waals surface area contributed by atoms with Gasteiger partial charge >= 0.3 is 0 Å². The highest BCUT2D eigenvalue weighted by molar-refractivity contribution is 5.30. The Morgan fingerprint density at radius 3 is 2.55 bits per heavy atom. The molecule has 2 aromatic rings. The van der Waals surface area contributed by atoms with E-state index in [1.54, 1.807) is 12.1 Å². The summed E-state index contributed by atoms with van der Waals surface area (Å²) >= 11 is 0. The smallest absolute Gasteiger partial charge is 0.228 e. The van der Waals surface area contributed by atoms with E-state index in [4.69, 9.17) is 10.3 Å². The van der Waals surface area contributed by atoms with E-state index in [0.29, 0.717) is 18.1 Å². The van der Waals surface area contributed by atoms with Crippen LogP contribution in [0.2, 0.25) is 0 Å². The molecule has 0 aliphatic carbocycles. The second-order valence-electron chi connectivity index (χ2n) is 5.52. The summed E-state index contributed by atoms with van der Waals surface area (Å²) in [6, 6.07) is 6.37. The number of aromatic nitrogens is 2. The monoisotopic (exact) mass is 277 g/mol. The quantitative estimate of drug-likeness (QED) is 0.912. The highest BCUT2D eigenvalue weighted by Crippen LogP contribution is 2.29. The first kappa shape index (κ1) is 14.7. The first-order chi connectivity index (χ1) is 9.43. The molecule has 1 aromatic carbocycles. The van der Waals surface area contributed by atoms with Crippen molar-refractivity contribution < 1.29 is 8.91 Å². The van der Waals surface area contributed by atoms with Crippen molar-refractivity contribution in [3.63, 3.8) is 0 Å². The van der Waals surface area contributed by atoms with E-state index < -0.39 is 5.41 Å². The predicted octanol–water partition coefficient (Wildman–Crippen LogP) is 2.81. The number of rotatable bonds is 5. The van der Waals surface area contributed by atoms with Crippen molar-refractivity contribution in [1.82, 2.24) is 10.1 Å². The van der Waals surface area contributed by atoms with Gasteiger partial charge < -0.3 is 10.3 Å². The summed E-state index contributed by atoms with van der Waals surface area (Å²) in [5.41, 5.74) is 6.38. The SMILES string of the molecule is CCC(N)Cc1nc(C(C)(C)c2ccc(F)cc2)no1. The van der Waals surface area contributed by atoms with Gasteiger partial charge in [0.15, 0.2) is 5.82 Å². The Labute approximate surface area is 118 Å². The van der Waals surface area contributed by atoms with E-state index >= 15 is 0 Å². The van der Waals surface area contributed by atoms with Crippen LogP contribution < -0.4 is 5.73 Å². The average molecular weight is 277 g/mol. The number of nitrogens with zero attached hydrogens (tertiary/aromatic N) is 2. The van der Waals surface area contributed by atoms with Crippen molar-refractivity contribution in [2.75, 3.05) is 0 Å². The molecule has 0 aliphatic heterocycles. The second kappa shape index (κ2) is 5.71. The molecule has 20 heavy (non-hydrogen) atoms. The lowest BCUT2D eigenvalue weighted by molar-refractivity contribution is 0.357. The van der Waals surface area contributed by atoms with E-state index in [1.807, 2.05) is 20.8 Å². The Hall–Kier alpha value is -1.75. The predicted molar refractivity (Wildman–Crippen MR) is 74.8 cm³/mol. The number of nitrogens with two attached hydrogens (primary N) is 1. The molecule has 0 spiro atoms. The first-order valence-electron chi connectivity index (χ1n) is 6.78. The highest BCUT2D eigenvalue weighted by Gasteiger charge is 2.29. The molecule has 0 saturated heterocycles. The van der Waals surface area contributed by atoms with E-state index in [2.05, 4.69) is 10.1 Å². The fourth-order valence-electron chi connectivity index (χ4n) is 1.96. The summed E-state index contributed by atoms with van der Waals surface area (Å²) in [6.07, 6.45) is 1.43. The number of benzene rings is 1. The van der Waals surface area contributed by atoms with Crippen LogP contribution >= 0.6 is 0 Å². The Morgan fingerprint density at radius 1 is 1.30 bits per heavy atom. The summed E-state index contributed by atoms with van der Waals surface area (Å²) < 4.78 is 18.3. The maximum atomic E-state index is 13.0. The van der Waals surface area contributed by atoms with Gasteiger partial charge in [-0.3, -0.25) is 0 Å². The van der Waals surface area contributed by atoms with Crippen molar-refractivity contribution in [3.8, 4) is 0 Å². The van der Waals surface area contributed by atoms with Gasteiger partial charge in [-0.15, -0.1) is 0 Å². The first-order valence-corrected chi connectivity index (χ1v) is 6.78. The molecule has 1 aromatic heterocycles. The molecule has 2 N–H and O–H groups in total. The van der Waals surface area contributed by atoms with Crippen molar-refractivity contribution in [1.29, 1.82) is 0 Å². The largest absolute Gasteiger partial charge is 0.339 e. The zero-order valence-electron chi connectivity index (χ0n) is 12.1. The average Bonchev–Trinajstić information content (AvgIpc) is 2.88. The van der Waals surface area contributed by atoms with E-state index in [1.165, 1.54) is 12.1 Å². The second-order valence-corrected chi connectivity index (χ2v) is 5.52. The minimum Gasteiger partial charge on any atom is -0.339 e. The third-order valence-corrected chi connectivity index (χ3v) is 3.55. The minimum atomic E-state index is -0.439. The van der Waals surface area contributed by atoms with Crippen molar-refractivity contribution >= 4 is 0 Å². The summed E-state index contributed by atoms with van der Waals surface area (Å²) in [6.45, 7) is 5.98. The van der Waals surface area contributed by atoms with Crippen LogP contribution in [0.25, 0.3) is 0 Å². The molecule has 1 atom stereocenters. The van der Waals surface area contributed by atoms with Gasteiger partial charge in [0.05, 0.1) is 5.41 Å². The van der Waals surface area contributed by atoms with E-state index in [0.717, 1.165) is 12.0 Å². The fraction of sp³-hybridized carbons (Fsp3) is 0.467. The topological polar surface area (TPSA) is 64.9 Å². The molecule has 108 valence electrons. The standard InChI is InChI=1S/C15H20FN3O/c1-4-12(17)9-13-18-14(19-20-13)15(2,3)10-5-7-11(16)8-6-10/h5-8,12H,4,9,17H2,1-3H3. The van der Waals surface area contributed by atoms with Crippen LogP contribution in [0, 0.1) is 5.82 Å². The van der Waals surface area contributed by atoms with Crippen LogP contribution in [0.15, 0.2) is 28.8 Å². The molecule has 0 saturated carbocycles. The molecule has 0 radical (unpaired) electrons. The summed E-state index contributed by atoms with van der Waals surface area (Å²) in [5, 5.41) is 4.04. The molecular weight excluding hydrogens is 257 g/mol. The third kappa shape index (κ3) is 3.04. The zero-order valence-corrected chi connectivity index (χ0v) is 12.1. The van der Waals surface area contributed by atoms with Crippen molar-refractivity contribution in [2.45, 2.75) is 45.1 Å². The van der Waals surface area contributed by atoms with Gasteiger partial charge in [0.25, 0.3) is 0 Å². The van der Waals surface area contributed by atoms with Crippen LogP contribution in [-0.4, -0.2) is 16.2 Å². The van der Waals surface area contributed by atoms with Crippen LogP contribution in [0.3, 0.4) is 0 Å². The summed E-state index contributed by atoms with van der Waals surface area (Å²) in [4.78, 5) is 4.42. The summed E-state index contributed by atoms with van der Waals surface area (Å²) in [7, 11) is 0. The van der Waals surface area contributed by atoms with Crippen molar-refractivity contribution in [2.24, 2.45) is 5.73 Å². The molecular formula is C15H20FN3O. The summed E-state index contributed by atoms with van der Waals surface area (Å²) in [5.74, 6) is 0.874. The maximum Gasteiger partial charge on any atom is 0.228 e. The molecule has 0 amide bonds. The Morgan fingerprint density at radius 2 is 1.95 bits per heavy atom. The Kier molecular flexibility index (Phi) is 4.18. The normalized spacial score (nSPS) is 13.4. The van der Waals surface area contributed by atoms with Gasteiger partial charge in [-0.2, -0.15) is 4.98 Å². The molecule has 0 fully saturated rings. The van der Waals surface area contributed by atoms with Gasteiger partial charge in [0.1, 0.15) is 5.82 Å². The number of hydrogen-bond acceptors (Lipinski definition) is 4. The maximum absolute atomic E-state index is 13.0. The Balaban J connectivity index is 2.23. The third-order valence-electron chi connectivity index (χ3n) is 3.55. The lowest BCUT2D eigenvalue weighted by atomic mass is 9.84. The van der Waals surface area contributed by atoms with Gasteiger partial charge in [-0.25, -0.2) is 4.39 Å². The molecule has 5 heteroatoms. The molecule has 4 nitrogen and oxygen atoms in total. The zero-order chi connectivity index (χ0) is 14.8. The lowest BCUT2D eigenvalue weighted by Gasteiger charge is -2.20. The lowest BCUT2D eigenvalue weighted by Crippen LogP contribution is -2.23. The van der Waals surface area contributed by atoms with Crippen LogP contribution in [-0.2, 0) is 11.8 Å². The molecule has 0 aliphatic rings. The van der Waals surface area contributed by atoms with Gasteiger partial charge in [0.2, 0.25) is 5.89 Å². The molecule has 0 bridgehead atoms. The Bertz CT molecular complexity index is 563. The number of halogens is 1. The van der Waals surface area contributed by atoms with E-state index in [-0.39, 0.29) is 11.9 Å². The number of hydrogen-bond donors (Lipinski definition) is 1. The van der Waals surface area contributed by atoms with Gasteiger partial charge in [-0.05, 0) is 38.0 Å². The van der Waals surface area contributed by atoms with Gasteiger partial charge in [-0.1, -0.05) is 24.2 Å². The van der Waals surface area contributed by atoms with Crippen LogP contribution in [0.1, 0.15) is 44.5 Å². The minimum absolute atomic E-state index is 0.0252. The fourth-order valence-corrected chi connectivity index (χ4v) is 1.96. The molecule has 1 heterocycles. The van der Waals surface area contributed by atoms with Crippen LogP contribution in [0.5, 0.6) is 0 Å². The molecule has 1 unspecified atom stereocenters. The highest BCUT2D eigenvalue weighted by atomic mass is 19.1. The van der Waals surface area contributed by atoms with Crippen LogP contribution in [0.4, 0.5) is 4.39 Å². The molecule has 2 rings (SSSR count). The van der Waals surface area contributed by atoms with Gasteiger partial charge in [0, 0.05) is 12.5 Å². The van der Waals surface area contributed by atoms with E-state index in [9.17, 15) is 4.39 Å².